The number of rotatable bonds is 8. The zero-order valence-corrected chi connectivity index (χ0v) is 18.8. The van der Waals surface area contributed by atoms with E-state index in [4.69, 9.17) is 16.1 Å². The lowest BCUT2D eigenvalue weighted by Crippen LogP contribution is -2.43. The standard InChI is InChI=1S/C23H32ClN5O2/c24-20-9-7-18(8-10-20)22-26-21(31-27-22)17-29-14-4-6-19(16-29)23(30)25-11-5-15-28-12-2-1-3-13-28/h7-10,19H,1-6,11-17H2,(H,25,30). The predicted molar refractivity (Wildman–Crippen MR) is 121 cm³/mol. The zero-order valence-electron chi connectivity index (χ0n) is 18.1. The monoisotopic (exact) mass is 445 g/mol. The maximum absolute atomic E-state index is 12.7. The van der Waals surface area contributed by atoms with Gasteiger partial charge in [0.25, 0.3) is 0 Å². The molecule has 2 aliphatic rings. The number of halogens is 1. The Hall–Kier alpha value is -1.96. The predicted octanol–water partition coefficient (Wildman–Crippen LogP) is 3.59. The fraction of sp³-hybridized carbons (Fsp3) is 0.609. The molecule has 8 heteroatoms. The molecule has 1 unspecified atom stereocenters. The van der Waals surface area contributed by atoms with Gasteiger partial charge >= 0.3 is 0 Å². The largest absolute Gasteiger partial charge is 0.356 e. The number of carbonyl (C=O) groups is 1. The van der Waals surface area contributed by atoms with E-state index in [0.717, 1.165) is 51.0 Å². The molecule has 0 saturated carbocycles. The Morgan fingerprint density at radius 1 is 1.10 bits per heavy atom. The lowest BCUT2D eigenvalue weighted by atomic mass is 9.97. The number of hydrogen-bond donors (Lipinski definition) is 1. The Labute approximate surface area is 189 Å². The summed E-state index contributed by atoms with van der Waals surface area (Å²) in [5.41, 5.74) is 0.875. The highest BCUT2D eigenvalue weighted by atomic mass is 35.5. The number of benzene rings is 1. The third kappa shape index (κ3) is 6.51. The van der Waals surface area contributed by atoms with E-state index >= 15 is 0 Å². The average molecular weight is 446 g/mol. The van der Waals surface area contributed by atoms with Crippen LogP contribution in [0.25, 0.3) is 11.4 Å². The van der Waals surface area contributed by atoms with Crippen LogP contribution in [-0.2, 0) is 11.3 Å². The number of amides is 1. The lowest BCUT2D eigenvalue weighted by Gasteiger charge is -2.31. The molecule has 1 aromatic heterocycles. The van der Waals surface area contributed by atoms with Gasteiger partial charge in [-0.3, -0.25) is 9.69 Å². The molecule has 0 spiro atoms. The zero-order chi connectivity index (χ0) is 21.5. The van der Waals surface area contributed by atoms with Crippen molar-refractivity contribution >= 4 is 17.5 Å². The van der Waals surface area contributed by atoms with Crippen LogP contribution in [-0.4, -0.2) is 65.1 Å². The van der Waals surface area contributed by atoms with Crippen LogP contribution in [0.2, 0.25) is 5.02 Å². The molecule has 1 atom stereocenters. The molecule has 2 fully saturated rings. The molecule has 2 aliphatic heterocycles. The first-order valence-electron chi connectivity index (χ1n) is 11.5. The molecular weight excluding hydrogens is 414 g/mol. The maximum Gasteiger partial charge on any atom is 0.241 e. The SMILES string of the molecule is O=C(NCCCN1CCCCC1)C1CCCN(Cc2nc(-c3ccc(Cl)cc3)no2)C1. The molecule has 2 saturated heterocycles. The first kappa shape index (κ1) is 22.2. The van der Waals surface area contributed by atoms with E-state index in [2.05, 4.69) is 25.3 Å². The summed E-state index contributed by atoms with van der Waals surface area (Å²) in [4.78, 5) is 21.9. The van der Waals surface area contributed by atoms with Crippen molar-refractivity contribution in [1.29, 1.82) is 0 Å². The molecule has 1 N–H and O–H groups in total. The third-order valence-electron chi connectivity index (χ3n) is 6.20. The molecule has 4 rings (SSSR count). The highest BCUT2D eigenvalue weighted by Crippen LogP contribution is 2.21. The number of aromatic nitrogens is 2. The highest BCUT2D eigenvalue weighted by Gasteiger charge is 2.26. The first-order valence-corrected chi connectivity index (χ1v) is 11.9. The molecule has 31 heavy (non-hydrogen) atoms. The number of likely N-dealkylation sites (tertiary alicyclic amines) is 2. The second kappa shape index (κ2) is 11.1. The second-order valence-corrected chi connectivity index (χ2v) is 9.08. The highest BCUT2D eigenvalue weighted by molar-refractivity contribution is 6.30. The fourth-order valence-corrected chi connectivity index (χ4v) is 4.61. The Balaban J connectivity index is 1.21. The van der Waals surface area contributed by atoms with Crippen molar-refractivity contribution in [2.45, 2.75) is 45.1 Å². The van der Waals surface area contributed by atoms with Crippen molar-refractivity contribution in [1.82, 2.24) is 25.3 Å². The van der Waals surface area contributed by atoms with Gasteiger partial charge < -0.3 is 14.7 Å². The quantitative estimate of drug-likeness (QED) is 0.626. The first-order chi connectivity index (χ1) is 15.2. The fourth-order valence-electron chi connectivity index (χ4n) is 4.48. The second-order valence-electron chi connectivity index (χ2n) is 8.64. The van der Waals surface area contributed by atoms with Gasteiger partial charge in [-0.05, 0) is 82.5 Å². The van der Waals surface area contributed by atoms with Crippen molar-refractivity contribution in [2.75, 3.05) is 39.3 Å². The average Bonchev–Trinajstić information content (AvgIpc) is 3.26. The summed E-state index contributed by atoms with van der Waals surface area (Å²) in [6.07, 6.45) is 6.95. The van der Waals surface area contributed by atoms with Crippen molar-refractivity contribution in [3.8, 4) is 11.4 Å². The van der Waals surface area contributed by atoms with Crippen LogP contribution >= 0.6 is 11.6 Å². The molecule has 168 valence electrons. The van der Waals surface area contributed by atoms with Crippen LogP contribution in [0.15, 0.2) is 28.8 Å². The van der Waals surface area contributed by atoms with Gasteiger partial charge in [-0.1, -0.05) is 23.2 Å². The Morgan fingerprint density at radius 2 is 1.87 bits per heavy atom. The molecule has 0 bridgehead atoms. The van der Waals surface area contributed by atoms with Gasteiger partial charge in [0.05, 0.1) is 12.5 Å². The van der Waals surface area contributed by atoms with E-state index in [1.807, 2.05) is 24.3 Å². The Kier molecular flexibility index (Phi) is 7.94. The number of nitrogens with one attached hydrogen (secondary N) is 1. The lowest BCUT2D eigenvalue weighted by molar-refractivity contribution is -0.126. The molecular formula is C23H32ClN5O2. The number of carbonyl (C=O) groups excluding carboxylic acids is 1. The number of nitrogens with zero attached hydrogens (tertiary/aromatic N) is 4. The van der Waals surface area contributed by atoms with Crippen molar-refractivity contribution < 1.29 is 9.32 Å². The van der Waals surface area contributed by atoms with Gasteiger partial charge in [-0.15, -0.1) is 0 Å². The van der Waals surface area contributed by atoms with Gasteiger partial charge in [-0.2, -0.15) is 4.98 Å². The number of hydrogen-bond acceptors (Lipinski definition) is 6. The van der Waals surface area contributed by atoms with E-state index in [-0.39, 0.29) is 11.8 Å². The van der Waals surface area contributed by atoms with Crippen LogP contribution in [0.1, 0.15) is 44.4 Å². The third-order valence-corrected chi connectivity index (χ3v) is 6.46. The maximum atomic E-state index is 12.7. The molecule has 1 amide bonds. The van der Waals surface area contributed by atoms with Crippen molar-refractivity contribution in [2.24, 2.45) is 5.92 Å². The summed E-state index contributed by atoms with van der Waals surface area (Å²) in [7, 11) is 0. The Bertz CT molecular complexity index is 835. The number of piperidine rings is 2. The minimum absolute atomic E-state index is 0.0300. The van der Waals surface area contributed by atoms with Crippen LogP contribution < -0.4 is 5.32 Å². The summed E-state index contributed by atoms with van der Waals surface area (Å²) in [5.74, 6) is 1.34. The van der Waals surface area contributed by atoms with E-state index in [9.17, 15) is 4.79 Å². The smallest absolute Gasteiger partial charge is 0.241 e. The van der Waals surface area contributed by atoms with Crippen LogP contribution in [0, 0.1) is 5.92 Å². The summed E-state index contributed by atoms with van der Waals surface area (Å²) in [6, 6.07) is 7.38. The minimum atomic E-state index is 0.0300. The molecule has 2 aromatic rings. The van der Waals surface area contributed by atoms with E-state index < -0.39 is 0 Å². The van der Waals surface area contributed by atoms with Crippen molar-refractivity contribution in [3.63, 3.8) is 0 Å². The minimum Gasteiger partial charge on any atom is -0.356 e. The molecule has 3 heterocycles. The van der Waals surface area contributed by atoms with E-state index in [0.29, 0.717) is 23.3 Å². The summed E-state index contributed by atoms with van der Waals surface area (Å²) < 4.78 is 5.44. The molecule has 0 aliphatic carbocycles. The van der Waals surface area contributed by atoms with Crippen LogP contribution in [0.5, 0.6) is 0 Å². The van der Waals surface area contributed by atoms with Crippen LogP contribution in [0.4, 0.5) is 0 Å². The Morgan fingerprint density at radius 3 is 2.68 bits per heavy atom. The van der Waals surface area contributed by atoms with Gasteiger partial charge in [0, 0.05) is 23.7 Å². The summed E-state index contributed by atoms with van der Waals surface area (Å²) in [5, 5.41) is 7.91. The van der Waals surface area contributed by atoms with Gasteiger partial charge in [0.1, 0.15) is 0 Å². The van der Waals surface area contributed by atoms with E-state index in [1.54, 1.807) is 0 Å². The normalized spacial score (nSPS) is 20.6. The molecule has 7 nitrogen and oxygen atoms in total. The molecule has 0 radical (unpaired) electrons. The van der Waals surface area contributed by atoms with Gasteiger partial charge in [0.15, 0.2) is 0 Å². The topological polar surface area (TPSA) is 74.5 Å². The van der Waals surface area contributed by atoms with E-state index in [1.165, 1.54) is 32.4 Å². The van der Waals surface area contributed by atoms with Crippen LogP contribution in [0.3, 0.4) is 0 Å². The van der Waals surface area contributed by atoms with Crippen molar-refractivity contribution in [3.05, 3.63) is 35.2 Å². The van der Waals surface area contributed by atoms with Gasteiger partial charge in [-0.25, -0.2) is 0 Å². The summed E-state index contributed by atoms with van der Waals surface area (Å²) in [6.45, 7) is 6.51. The summed E-state index contributed by atoms with van der Waals surface area (Å²) >= 11 is 5.94. The molecule has 1 aromatic carbocycles. The van der Waals surface area contributed by atoms with Gasteiger partial charge in [0.2, 0.25) is 17.6 Å².